The molecule has 0 spiro atoms. The summed E-state index contributed by atoms with van der Waals surface area (Å²) in [4.78, 5) is 11.4. The van der Waals surface area contributed by atoms with E-state index in [-0.39, 0.29) is 5.92 Å². The summed E-state index contributed by atoms with van der Waals surface area (Å²) in [5.41, 5.74) is 1.22. The molecule has 0 amide bonds. The van der Waals surface area contributed by atoms with Crippen molar-refractivity contribution in [1.82, 2.24) is 0 Å². The molecule has 0 N–H and O–H groups in total. The predicted octanol–water partition coefficient (Wildman–Crippen LogP) is 3.51. The first-order valence-corrected chi connectivity index (χ1v) is 5.52. The summed E-state index contributed by atoms with van der Waals surface area (Å²) in [6, 6.07) is 0. The minimum Gasteiger partial charge on any atom is -0.299 e. The van der Waals surface area contributed by atoms with Gasteiger partial charge in [0.15, 0.2) is 0 Å². The Kier molecular flexibility index (Phi) is 4.12. The molecule has 0 aromatic heterocycles. The molecule has 0 saturated heterocycles. The van der Waals surface area contributed by atoms with Gasteiger partial charge in [-0.25, -0.2) is 0 Å². The summed E-state index contributed by atoms with van der Waals surface area (Å²) in [7, 11) is 0. The molecule has 0 aliphatic heterocycles. The number of carbonyl (C=O) groups excluding carboxylic acids is 1. The second-order valence-electron chi connectivity index (χ2n) is 4.21. The quantitative estimate of drug-likeness (QED) is 0.666. The lowest BCUT2D eigenvalue weighted by atomic mass is 9.81. The Morgan fingerprint density at radius 2 is 2.21 bits per heavy atom. The van der Waals surface area contributed by atoms with E-state index in [0.717, 1.165) is 6.42 Å². The maximum Gasteiger partial charge on any atom is 0.137 e. The molecular weight excluding hydrogens is 172 g/mol. The molecule has 1 aliphatic carbocycles. The van der Waals surface area contributed by atoms with Crippen molar-refractivity contribution >= 4 is 5.78 Å². The Bertz CT molecular complexity index is 260. The van der Waals surface area contributed by atoms with Gasteiger partial charge >= 0.3 is 0 Å². The lowest BCUT2D eigenvalue weighted by molar-refractivity contribution is -0.120. The average Bonchev–Trinajstić information content (AvgIpc) is 2.15. The van der Waals surface area contributed by atoms with E-state index in [1.807, 2.05) is 0 Å². The van der Waals surface area contributed by atoms with E-state index in [9.17, 15) is 4.79 Å². The van der Waals surface area contributed by atoms with E-state index in [4.69, 9.17) is 0 Å². The highest BCUT2D eigenvalue weighted by Crippen LogP contribution is 2.27. The summed E-state index contributed by atoms with van der Waals surface area (Å²) < 4.78 is 0. The predicted molar refractivity (Wildman–Crippen MR) is 60.1 cm³/mol. The first-order valence-electron chi connectivity index (χ1n) is 5.52. The minimum absolute atomic E-state index is 0.131. The van der Waals surface area contributed by atoms with Crippen LogP contribution in [0.15, 0.2) is 23.8 Å². The van der Waals surface area contributed by atoms with Crippen molar-refractivity contribution in [2.75, 3.05) is 0 Å². The van der Waals surface area contributed by atoms with Gasteiger partial charge in [-0.3, -0.25) is 4.79 Å². The van der Waals surface area contributed by atoms with Crippen LogP contribution >= 0.6 is 0 Å². The van der Waals surface area contributed by atoms with E-state index in [1.54, 1.807) is 6.92 Å². The van der Waals surface area contributed by atoms with Crippen molar-refractivity contribution in [3.63, 3.8) is 0 Å². The van der Waals surface area contributed by atoms with Gasteiger partial charge < -0.3 is 0 Å². The molecule has 78 valence electrons. The van der Waals surface area contributed by atoms with Gasteiger partial charge in [0.1, 0.15) is 5.78 Å². The van der Waals surface area contributed by atoms with Gasteiger partial charge in [0.25, 0.3) is 0 Å². The molecule has 0 saturated carbocycles. The number of carbonyl (C=O) groups is 1. The summed E-state index contributed by atoms with van der Waals surface area (Å²) in [6.45, 7) is 5.95. The molecule has 1 nitrogen and oxygen atoms in total. The van der Waals surface area contributed by atoms with Gasteiger partial charge in [-0.1, -0.05) is 43.6 Å². The minimum atomic E-state index is 0.131. The topological polar surface area (TPSA) is 17.1 Å². The van der Waals surface area contributed by atoms with Gasteiger partial charge in [-0.2, -0.15) is 0 Å². The number of Topliss-reactive ketones (excluding diaryl/α,β-unsaturated/α-hetero) is 1. The van der Waals surface area contributed by atoms with Gasteiger partial charge in [-0.05, 0) is 26.2 Å². The standard InChI is InChI=1S/C13H20O/c1-4-5-6-12-8-7-10(2)9-13(12)11(3)14/h7-9,12-13H,4-6H2,1-3H3. The SMILES string of the molecule is CCCCC1C=CC(C)=CC1C(C)=O. The average molecular weight is 192 g/mol. The van der Waals surface area contributed by atoms with Crippen LogP contribution in [-0.4, -0.2) is 5.78 Å². The second-order valence-corrected chi connectivity index (χ2v) is 4.21. The number of unbranched alkanes of at least 4 members (excludes halogenated alkanes) is 1. The number of ketones is 1. The van der Waals surface area contributed by atoms with E-state index < -0.39 is 0 Å². The molecule has 14 heavy (non-hydrogen) atoms. The van der Waals surface area contributed by atoms with Crippen LogP contribution in [0.2, 0.25) is 0 Å². The summed E-state index contributed by atoms with van der Waals surface area (Å²) in [5, 5.41) is 0. The van der Waals surface area contributed by atoms with Gasteiger partial charge in [0.05, 0.1) is 0 Å². The fraction of sp³-hybridized carbons (Fsp3) is 0.615. The molecule has 1 rings (SSSR count). The molecule has 2 atom stereocenters. The Balaban J connectivity index is 2.66. The summed E-state index contributed by atoms with van der Waals surface area (Å²) >= 11 is 0. The van der Waals surface area contributed by atoms with E-state index in [0.29, 0.717) is 11.7 Å². The third-order valence-electron chi connectivity index (χ3n) is 2.87. The van der Waals surface area contributed by atoms with Crippen LogP contribution in [0.4, 0.5) is 0 Å². The monoisotopic (exact) mass is 192 g/mol. The molecule has 0 aromatic rings. The maximum absolute atomic E-state index is 11.4. The molecule has 0 heterocycles. The van der Waals surface area contributed by atoms with Gasteiger partial charge in [0.2, 0.25) is 0 Å². The highest BCUT2D eigenvalue weighted by Gasteiger charge is 2.22. The zero-order valence-corrected chi connectivity index (χ0v) is 9.42. The molecule has 0 aromatic carbocycles. The molecule has 2 unspecified atom stereocenters. The van der Waals surface area contributed by atoms with Crippen molar-refractivity contribution < 1.29 is 4.79 Å². The zero-order valence-electron chi connectivity index (χ0n) is 9.42. The molecule has 0 bridgehead atoms. The summed E-state index contributed by atoms with van der Waals surface area (Å²) in [6.07, 6.45) is 10.0. The van der Waals surface area contributed by atoms with Crippen molar-refractivity contribution in [3.8, 4) is 0 Å². The lowest BCUT2D eigenvalue weighted by Gasteiger charge is -2.23. The Morgan fingerprint density at radius 1 is 1.50 bits per heavy atom. The first kappa shape index (κ1) is 11.2. The van der Waals surface area contributed by atoms with Crippen LogP contribution in [0.3, 0.4) is 0 Å². The van der Waals surface area contributed by atoms with Crippen molar-refractivity contribution in [2.45, 2.75) is 40.0 Å². The van der Waals surface area contributed by atoms with Crippen LogP contribution in [0.1, 0.15) is 40.0 Å². The largest absolute Gasteiger partial charge is 0.299 e. The molecule has 1 heteroatoms. The number of hydrogen-bond acceptors (Lipinski definition) is 1. The Morgan fingerprint density at radius 3 is 2.79 bits per heavy atom. The summed E-state index contributed by atoms with van der Waals surface area (Å²) in [5.74, 6) is 0.873. The molecular formula is C13H20O. The van der Waals surface area contributed by atoms with Crippen LogP contribution in [0.25, 0.3) is 0 Å². The van der Waals surface area contributed by atoms with Crippen LogP contribution in [0.5, 0.6) is 0 Å². The van der Waals surface area contributed by atoms with Crippen LogP contribution < -0.4 is 0 Å². The smallest absolute Gasteiger partial charge is 0.137 e. The van der Waals surface area contributed by atoms with Crippen molar-refractivity contribution in [2.24, 2.45) is 11.8 Å². The highest BCUT2D eigenvalue weighted by atomic mass is 16.1. The Hall–Kier alpha value is -0.850. The van der Waals surface area contributed by atoms with Gasteiger partial charge in [-0.15, -0.1) is 0 Å². The van der Waals surface area contributed by atoms with E-state index in [2.05, 4.69) is 32.1 Å². The number of rotatable bonds is 4. The highest BCUT2D eigenvalue weighted by molar-refractivity contribution is 5.81. The Labute approximate surface area is 86.9 Å². The molecule has 0 fully saturated rings. The first-order chi connectivity index (χ1) is 6.65. The van der Waals surface area contributed by atoms with E-state index >= 15 is 0 Å². The molecule has 0 radical (unpaired) electrons. The second kappa shape index (κ2) is 5.14. The normalized spacial score (nSPS) is 26.1. The number of allylic oxidation sites excluding steroid dienone is 4. The fourth-order valence-electron chi connectivity index (χ4n) is 1.99. The molecule has 1 aliphatic rings. The van der Waals surface area contributed by atoms with Crippen LogP contribution in [0, 0.1) is 11.8 Å². The third kappa shape index (κ3) is 2.83. The number of hydrogen-bond donors (Lipinski definition) is 0. The van der Waals surface area contributed by atoms with Crippen LogP contribution in [-0.2, 0) is 4.79 Å². The fourth-order valence-corrected chi connectivity index (χ4v) is 1.99. The van der Waals surface area contributed by atoms with Crippen molar-refractivity contribution in [3.05, 3.63) is 23.8 Å². The lowest BCUT2D eigenvalue weighted by Crippen LogP contribution is -2.20. The van der Waals surface area contributed by atoms with Gasteiger partial charge in [0, 0.05) is 5.92 Å². The zero-order chi connectivity index (χ0) is 10.6. The van der Waals surface area contributed by atoms with Crippen molar-refractivity contribution in [1.29, 1.82) is 0 Å². The van der Waals surface area contributed by atoms with E-state index in [1.165, 1.54) is 18.4 Å². The maximum atomic E-state index is 11.4. The third-order valence-corrected chi connectivity index (χ3v) is 2.87.